The van der Waals surface area contributed by atoms with Crippen molar-refractivity contribution in [2.45, 2.75) is 6.36 Å². The van der Waals surface area contributed by atoms with Gasteiger partial charge in [-0.2, -0.15) is 13.8 Å². The largest absolute Gasteiger partial charge is 0.573 e. The number of aromatic nitrogens is 1. The number of rotatable bonds is 2. The van der Waals surface area contributed by atoms with Crippen LogP contribution in [-0.4, -0.2) is 11.3 Å². The summed E-state index contributed by atoms with van der Waals surface area (Å²) in [5.41, 5.74) is -1.71. The second kappa shape index (κ2) is 5.23. The summed E-state index contributed by atoms with van der Waals surface area (Å²) in [6, 6.07) is 3.39. The van der Waals surface area contributed by atoms with Crippen LogP contribution >= 0.6 is 0 Å². The number of benzene rings is 1. The zero-order chi connectivity index (χ0) is 15.8. The van der Waals surface area contributed by atoms with Crippen LogP contribution in [0, 0.1) is 23.5 Å². The van der Waals surface area contributed by atoms with Crippen molar-refractivity contribution in [2.24, 2.45) is 0 Å². The third-order valence-corrected chi connectivity index (χ3v) is 2.35. The number of pyridine rings is 1. The van der Waals surface area contributed by atoms with Crippen LogP contribution in [0.15, 0.2) is 24.3 Å². The molecule has 0 spiro atoms. The Morgan fingerprint density at radius 1 is 0.905 bits per heavy atom. The molecule has 9 heteroatoms. The minimum atomic E-state index is -5.02. The third-order valence-electron chi connectivity index (χ3n) is 2.35. The van der Waals surface area contributed by atoms with Crippen LogP contribution in [0.5, 0.6) is 5.75 Å². The summed E-state index contributed by atoms with van der Waals surface area (Å²) in [6.07, 6.45) is -5.02. The molecule has 0 aliphatic heterocycles. The summed E-state index contributed by atoms with van der Waals surface area (Å²) >= 11 is 0. The van der Waals surface area contributed by atoms with Crippen molar-refractivity contribution in [3.05, 3.63) is 47.8 Å². The monoisotopic (exact) mass is 311 g/mol. The molecule has 0 unspecified atom stereocenters. The van der Waals surface area contributed by atoms with E-state index >= 15 is 0 Å². The molecule has 0 aliphatic rings. The first-order valence-electron chi connectivity index (χ1n) is 5.25. The zero-order valence-electron chi connectivity index (χ0n) is 9.81. The van der Waals surface area contributed by atoms with Crippen molar-refractivity contribution in [2.75, 3.05) is 0 Å². The SMILES string of the molecule is Fc1nc(F)c(F)c(-c2cccc(OC(F)(F)F)c2)c1F. The first-order valence-corrected chi connectivity index (χ1v) is 5.25. The Balaban J connectivity index is 2.56. The van der Waals surface area contributed by atoms with Gasteiger partial charge in [0.1, 0.15) is 5.75 Å². The molecule has 0 saturated carbocycles. The van der Waals surface area contributed by atoms with Gasteiger partial charge in [0.15, 0.2) is 11.6 Å². The van der Waals surface area contributed by atoms with E-state index in [0.717, 1.165) is 18.2 Å². The number of nitrogens with zero attached hydrogens (tertiary/aromatic N) is 1. The summed E-state index contributed by atoms with van der Waals surface area (Å²) in [5.74, 6) is -8.26. The predicted octanol–water partition coefficient (Wildman–Crippen LogP) is 4.20. The fourth-order valence-electron chi connectivity index (χ4n) is 1.59. The molecular weight excluding hydrogens is 307 g/mol. The Morgan fingerprint density at radius 3 is 2.00 bits per heavy atom. The van der Waals surface area contributed by atoms with Gasteiger partial charge in [-0.1, -0.05) is 12.1 Å². The number of ether oxygens (including phenoxy) is 1. The molecule has 0 radical (unpaired) electrons. The van der Waals surface area contributed by atoms with Gasteiger partial charge in [-0.25, -0.2) is 8.78 Å². The van der Waals surface area contributed by atoms with Crippen LogP contribution in [0.1, 0.15) is 0 Å². The van der Waals surface area contributed by atoms with Gasteiger partial charge in [-0.05, 0) is 17.7 Å². The van der Waals surface area contributed by atoms with Crippen LogP contribution in [-0.2, 0) is 0 Å². The Kier molecular flexibility index (Phi) is 3.75. The van der Waals surface area contributed by atoms with E-state index in [2.05, 4.69) is 9.72 Å². The Bertz CT molecular complexity index is 658. The van der Waals surface area contributed by atoms with E-state index in [0.29, 0.717) is 6.07 Å². The van der Waals surface area contributed by atoms with Crippen molar-refractivity contribution in [1.29, 1.82) is 0 Å². The molecule has 0 amide bonds. The lowest BCUT2D eigenvalue weighted by Gasteiger charge is -2.11. The van der Waals surface area contributed by atoms with Crippen LogP contribution in [0.2, 0.25) is 0 Å². The van der Waals surface area contributed by atoms with Gasteiger partial charge in [0.2, 0.25) is 0 Å². The second-order valence-corrected chi connectivity index (χ2v) is 3.77. The van der Waals surface area contributed by atoms with Crippen LogP contribution in [0.3, 0.4) is 0 Å². The van der Waals surface area contributed by atoms with Gasteiger partial charge < -0.3 is 4.74 Å². The molecule has 112 valence electrons. The van der Waals surface area contributed by atoms with Crippen molar-refractivity contribution < 1.29 is 35.5 Å². The molecule has 2 nitrogen and oxygen atoms in total. The summed E-state index contributed by atoms with van der Waals surface area (Å²) in [5, 5.41) is 0. The maximum atomic E-state index is 13.5. The van der Waals surface area contributed by atoms with E-state index in [4.69, 9.17) is 0 Å². The van der Waals surface area contributed by atoms with Gasteiger partial charge in [0.25, 0.3) is 11.9 Å². The van der Waals surface area contributed by atoms with Gasteiger partial charge >= 0.3 is 6.36 Å². The highest BCUT2D eigenvalue weighted by Gasteiger charge is 2.31. The summed E-state index contributed by atoms with van der Waals surface area (Å²) in [6.45, 7) is 0. The molecule has 21 heavy (non-hydrogen) atoms. The molecule has 0 fully saturated rings. The Hall–Kier alpha value is -2.32. The molecule has 2 aromatic rings. The lowest BCUT2D eigenvalue weighted by molar-refractivity contribution is -0.274. The van der Waals surface area contributed by atoms with Crippen molar-refractivity contribution in [3.8, 4) is 16.9 Å². The molecular formula is C12H4F7NO. The van der Waals surface area contributed by atoms with Crippen LogP contribution in [0.4, 0.5) is 30.7 Å². The number of hydrogen-bond acceptors (Lipinski definition) is 2. The molecule has 0 N–H and O–H groups in total. The lowest BCUT2D eigenvalue weighted by Crippen LogP contribution is -2.17. The second-order valence-electron chi connectivity index (χ2n) is 3.77. The maximum Gasteiger partial charge on any atom is 0.573 e. The third kappa shape index (κ3) is 3.23. The van der Waals surface area contributed by atoms with Gasteiger partial charge in [-0.3, -0.25) is 0 Å². The minimum absolute atomic E-state index is 0.535. The van der Waals surface area contributed by atoms with Gasteiger partial charge in [0.05, 0.1) is 5.56 Å². The summed E-state index contributed by atoms with van der Waals surface area (Å²) in [7, 11) is 0. The number of hydrogen-bond donors (Lipinski definition) is 0. The topological polar surface area (TPSA) is 22.1 Å². The highest BCUT2D eigenvalue weighted by atomic mass is 19.4. The van der Waals surface area contributed by atoms with E-state index in [1.807, 2.05) is 0 Å². The van der Waals surface area contributed by atoms with Crippen molar-refractivity contribution in [1.82, 2.24) is 4.98 Å². The van der Waals surface area contributed by atoms with E-state index in [1.165, 1.54) is 0 Å². The normalized spacial score (nSPS) is 11.6. The summed E-state index contributed by atoms with van der Waals surface area (Å²) in [4.78, 5) is 2.35. The standard InChI is InChI=1S/C12H4F7NO/c13-8-7(9(14)11(16)20-10(8)15)5-2-1-3-6(4-5)21-12(17,18)19/h1-4H. The smallest absolute Gasteiger partial charge is 0.406 e. The lowest BCUT2D eigenvalue weighted by atomic mass is 10.1. The fourth-order valence-corrected chi connectivity index (χ4v) is 1.59. The minimum Gasteiger partial charge on any atom is -0.406 e. The zero-order valence-corrected chi connectivity index (χ0v) is 9.81. The molecule has 1 aromatic carbocycles. The van der Waals surface area contributed by atoms with Crippen molar-refractivity contribution >= 4 is 0 Å². The molecule has 1 aromatic heterocycles. The molecule has 0 aliphatic carbocycles. The van der Waals surface area contributed by atoms with E-state index in [9.17, 15) is 30.7 Å². The van der Waals surface area contributed by atoms with Crippen LogP contribution in [0.25, 0.3) is 11.1 Å². The first-order chi connectivity index (χ1) is 9.69. The van der Waals surface area contributed by atoms with E-state index in [-0.39, 0.29) is 0 Å². The van der Waals surface area contributed by atoms with Crippen LogP contribution < -0.4 is 4.74 Å². The molecule has 0 saturated heterocycles. The maximum absolute atomic E-state index is 13.5. The van der Waals surface area contributed by atoms with E-state index in [1.54, 1.807) is 0 Å². The first kappa shape index (κ1) is 15.1. The van der Waals surface area contributed by atoms with E-state index < -0.39 is 46.8 Å². The highest BCUT2D eigenvalue weighted by molar-refractivity contribution is 5.66. The predicted molar refractivity (Wildman–Crippen MR) is 56.2 cm³/mol. The fraction of sp³-hybridized carbons (Fsp3) is 0.0833. The molecule has 0 atom stereocenters. The Morgan fingerprint density at radius 2 is 1.48 bits per heavy atom. The molecule has 0 bridgehead atoms. The highest BCUT2D eigenvalue weighted by Crippen LogP contribution is 2.32. The molecule has 1 heterocycles. The molecule has 2 rings (SSSR count). The average Bonchev–Trinajstić information content (AvgIpc) is 2.35. The average molecular weight is 311 g/mol. The summed E-state index contributed by atoms with van der Waals surface area (Å²) < 4.78 is 92.7. The Labute approximate surface area is 112 Å². The number of halogens is 7. The quantitative estimate of drug-likeness (QED) is 0.612. The van der Waals surface area contributed by atoms with Gasteiger partial charge in [0, 0.05) is 0 Å². The van der Waals surface area contributed by atoms with Crippen molar-refractivity contribution in [3.63, 3.8) is 0 Å². The number of alkyl halides is 3. The van der Waals surface area contributed by atoms with Gasteiger partial charge in [-0.15, -0.1) is 13.2 Å².